The highest BCUT2D eigenvalue weighted by molar-refractivity contribution is 5.78. The first-order valence-corrected chi connectivity index (χ1v) is 11.9. The van der Waals surface area contributed by atoms with Crippen LogP contribution in [0.4, 0.5) is 5.82 Å². The molecule has 1 aliphatic heterocycles. The number of piperazine rings is 1. The van der Waals surface area contributed by atoms with Crippen molar-refractivity contribution in [3.63, 3.8) is 0 Å². The third kappa shape index (κ3) is 4.39. The molecule has 0 atom stereocenters. The van der Waals surface area contributed by atoms with Crippen LogP contribution < -0.4 is 10.5 Å². The smallest absolute Gasteiger partial charge is 0.261 e. The monoisotopic (exact) mass is 471 g/mol. The molecule has 0 N–H and O–H groups in total. The first-order chi connectivity index (χ1) is 17.2. The number of para-hydroxylation sites is 1. The van der Waals surface area contributed by atoms with Crippen LogP contribution in [0.3, 0.4) is 0 Å². The van der Waals surface area contributed by atoms with E-state index in [0.717, 1.165) is 24.2 Å². The lowest BCUT2D eigenvalue weighted by Gasteiger charge is -2.35. The van der Waals surface area contributed by atoms with Gasteiger partial charge in [0, 0.05) is 56.8 Å². The third-order valence-corrected chi connectivity index (χ3v) is 6.63. The average Bonchev–Trinajstić information content (AvgIpc) is 3.65. The van der Waals surface area contributed by atoms with Gasteiger partial charge in [-0.15, -0.1) is 0 Å². The molecule has 0 radical (unpaired) electrons. The number of amides is 1. The van der Waals surface area contributed by atoms with Crippen molar-refractivity contribution in [2.75, 3.05) is 31.1 Å². The van der Waals surface area contributed by atoms with E-state index in [1.54, 1.807) is 12.3 Å². The molecule has 1 saturated carbocycles. The van der Waals surface area contributed by atoms with Gasteiger partial charge in [0.2, 0.25) is 17.6 Å². The number of aromatic nitrogens is 5. The number of carbonyl (C=O) groups is 1. The minimum absolute atomic E-state index is 0.0385. The summed E-state index contributed by atoms with van der Waals surface area (Å²) in [5, 5.41) is 4.64. The SMILES string of the molecule is O=C(CCn1cnc2ccccc2c1=O)N1CCN(c2ccc(-c3noc(C4CC4)n3)cn2)CC1. The molecule has 0 spiro atoms. The molecule has 4 aromatic rings. The third-order valence-electron chi connectivity index (χ3n) is 6.63. The van der Waals surface area contributed by atoms with Crippen molar-refractivity contribution in [1.82, 2.24) is 29.6 Å². The molecule has 1 saturated heterocycles. The predicted molar refractivity (Wildman–Crippen MR) is 129 cm³/mol. The Labute approximate surface area is 201 Å². The molecule has 1 aromatic carbocycles. The standard InChI is InChI=1S/C25H25N7O3/c33-22(9-10-32-16-27-20-4-2-1-3-19(20)25(32)34)31-13-11-30(12-14-31)21-8-7-18(15-26-21)23-28-24(35-29-23)17-5-6-17/h1-4,7-8,15-17H,5-6,9-14H2. The van der Waals surface area contributed by atoms with E-state index in [9.17, 15) is 9.59 Å². The quantitative estimate of drug-likeness (QED) is 0.422. The number of rotatable bonds is 6. The van der Waals surface area contributed by atoms with Crippen molar-refractivity contribution in [2.45, 2.75) is 31.7 Å². The molecule has 10 nitrogen and oxygen atoms in total. The molecule has 1 aliphatic carbocycles. The van der Waals surface area contributed by atoms with Crippen LogP contribution in [0.5, 0.6) is 0 Å². The lowest BCUT2D eigenvalue weighted by atomic mass is 10.2. The number of hydrogen-bond acceptors (Lipinski definition) is 8. The highest BCUT2D eigenvalue weighted by Gasteiger charge is 2.30. The summed E-state index contributed by atoms with van der Waals surface area (Å²) in [6, 6.07) is 11.2. The van der Waals surface area contributed by atoms with Gasteiger partial charge >= 0.3 is 0 Å². The van der Waals surface area contributed by atoms with Gasteiger partial charge in [-0.3, -0.25) is 14.2 Å². The molecule has 4 heterocycles. The fourth-order valence-electron chi connectivity index (χ4n) is 4.38. The highest BCUT2D eigenvalue weighted by atomic mass is 16.5. The molecule has 178 valence electrons. The Kier molecular flexibility index (Phi) is 5.48. The van der Waals surface area contributed by atoms with Crippen molar-refractivity contribution in [3.8, 4) is 11.4 Å². The van der Waals surface area contributed by atoms with Crippen LogP contribution in [0, 0.1) is 0 Å². The summed E-state index contributed by atoms with van der Waals surface area (Å²) in [6.07, 6.45) is 5.79. The normalized spacial score (nSPS) is 16.1. The van der Waals surface area contributed by atoms with Crippen molar-refractivity contribution < 1.29 is 9.32 Å². The highest BCUT2D eigenvalue weighted by Crippen LogP contribution is 2.39. The molecular weight excluding hydrogens is 446 g/mol. The Morgan fingerprint density at radius 1 is 1.03 bits per heavy atom. The van der Waals surface area contributed by atoms with E-state index in [0.29, 0.717) is 61.3 Å². The Morgan fingerprint density at radius 2 is 1.86 bits per heavy atom. The first kappa shape index (κ1) is 21.5. The minimum Gasteiger partial charge on any atom is -0.353 e. The van der Waals surface area contributed by atoms with Crippen LogP contribution in [-0.2, 0) is 11.3 Å². The van der Waals surface area contributed by atoms with Crippen LogP contribution in [-0.4, -0.2) is 61.7 Å². The van der Waals surface area contributed by atoms with E-state index in [4.69, 9.17) is 4.52 Å². The summed E-state index contributed by atoms with van der Waals surface area (Å²) in [7, 11) is 0. The number of fused-ring (bicyclic) bond motifs is 1. The summed E-state index contributed by atoms with van der Waals surface area (Å²) >= 11 is 0. The molecule has 10 heteroatoms. The second kappa shape index (κ2) is 8.94. The molecule has 0 bridgehead atoms. The Morgan fingerprint density at radius 3 is 2.63 bits per heavy atom. The van der Waals surface area contributed by atoms with E-state index >= 15 is 0 Å². The van der Waals surface area contributed by atoms with Gasteiger partial charge < -0.3 is 14.3 Å². The zero-order valence-corrected chi connectivity index (χ0v) is 19.2. The number of anilines is 1. The van der Waals surface area contributed by atoms with Crippen molar-refractivity contribution in [2.24, 2.45) is 0 Å². The lowest BCUT2D eigenvalue weighted by Crippen LogP contribution is -2.49. The van der Waals surface area contributed by atoms with Gasteiger partial charge in [-0.2, -0.15) is 4.98 Å². The molecule has 3 aromatic heterocycles. The molecule has 2 fully saturated rings. The van der Waals surface area contributed by atoms with Crippen molar-refractivity contribution in [1.29, 1.82) is 0 Å². The van der Waals surface area contributed by atoms with Gasteiger partial charge in [0.25, 0.3) is 5.56 Å². The summed E-state index contributed by atoms with van der Waals surface area (Å²) in [5.41, 5.74) is 1.38. The summed E-state index contributed by atoms with van der Waals surface area (Å²) < 4.78 is 6.85. The maximum Gasteiger partial charge on any atom is 0.261 e. The van der Waals surface area contributed by atoms with E-state index in [2.05, 4.69) is 25.0 Å². The molecular formula is C25H25N7O3. The van der Waals surface area contributed by atoms with Crippen LogP contribution in [0.2, 0.25) is 0 Å². The van der Waals surface area contributed by atoms with Crippen LogP contribution in [0.15, 0.2) is 58.2 Å². The minimum atomic E-state index is -0.118. The van der Waals surface area contributed by atoms with E-state index in [1.165, 1.54) is 10.9 Å². The molecule has 2 aliphatic rings. The van der Waals surface area contributed by atoms with Gasteiger partial charge in [0.15, 0.2) is 0 Å². The number of hydrogen-bond donors (Lipinski definition) is 0. The first-order valence-electron chi connectivity index (χ1n) is 11.9. The van der Waals surface area contributed by atoms with Crippen molar-refractivity contribution >= 4 is 22.6 Å². The largest absolute Gasteiger partial charge is 0.353 e. The topological polar surface area (TPSA) is 110 Å². The zero-order chi connectivity index (χ0) is 23.8. The van der Waals surface area contributed by atoms with Crippen LogP contribution in [0.25, 0.3) is 22.3 Å². The van der Waals surface area contributed by atoms with Crippen molar-refractivity contribution in [3.05, 3.63) is 65.2 Å². The number of aryl methyl sites for hydroxylation is 1. The molecule has 0 unspecified atom stereocenters. The molecule has 6 rings (SSSR count). The number of pyridine rings is 1. The van der Waals surface area contributed by atoms with E-state index < -0.39 is 0 Å². The fraction of sp³-hybridized carbons (Fsp3) is 0.360. The van der Waals surface area contributed by atoms with E-state index in [1.807, 2.05) is 35.2 Å². The number of carbonyl (C=O) groups excluding carboxylic acids is 1. The number of nitrogens with zero attached hydrogens (tertiary/aromatic N) is 7. The Hall–Kier alpha value is -4.08. The van der Waals surface area contributed by atoms with Gasteiger partial charge in [0.05, 0.1) is 17.2 Å². The summed E-state index contributed by atoms with van der Waals surface area (Å²) in [4.78, 5) is 42.8. The second-order valence-electron chi connectivity index (χ2n) is 9.01. The average molecular weight is 472 g/mol. The van der Waals surface area contributed by atoms with Crippen LogP contribution >= 0.6 is 0 Å². The second-order valence-corrected chi connectivity index (χ2v) is 9.01. The van der Waals surface area contributed by atoms with Gasteiger partial charge in [-0.25, -0.2) is 9.97 Å². The van der Waals surface area contributed by atoms with Gasteiger partial charge in [-0.05, 0) is 37.1 Å². The van der Waals surface area contributed by atoms with Gasteiger partial charge in [0.1, 0.15) is 5.82 Å². The fourth-order valence-corrected chi connectivity index (χ4v) is 4.38. The maximum atomic E-state index is 12.8. The molecule has 1 amide bonds. The Bertz CT molecular complexity index is 1420. The summed E-state index contributed by atoms with van der Waals surface area (Å²) in [5.74, 6) is 2.61. The van der Waals surface area contributed by atoms with Crippen LogP contribution in [0.1, 0.15) is 31.1 Å². The Balaban J connectivity index is 1.03. The molecule has 35 heavy (non-hydrogen) atoms. The van der Waals surface area contributed by atoms with E-state index in [-0.39, 0.29) is 17.9 Å². The maximum absolute atomic E-state index is 12.8. The lowest BCUT2D eigenvalue weighted by molar-refractivity contribution is -0.131. The van der Waals surface area contributed by atoms with Gasteiger partial charge in [-0.1, -0.05) is 17.3 Å². The number of benzene rings is 1. The predicted octanol–water partition coefficient (Wildman–Crippen LogP) is 2.46. The summed E-state index contributed by atoms with van der Waals surface area (Å²) in [6.45, 7) is 2.94. The zero-order valence-electron chi connectivity index (χ0n) is 19.2.